The van der Waals surface area contributed by atoms with E-state index >= 15 is 0 Å². The number of fused-ring (bicyclic) bond motifs is 1. The van der Waals surface area contributed by atoms with E-state index < -0.39 is 51.2 Å². The molecular formula is C10H4F4N6O4. The van der Waals surface area contributed by atoms with Gasteiger partial charge >= 0.3 is 23.9 Å². The van der Waals surface area contributed by atoms with Gasteiger partial charge in [-0.15, -0.1) is 4.79 Å². The number of alkyl halides is 3. The van der Waals surface area contributed by atoms with Gasteiger partial charge in [0.2, 0.25) is 5.76 Å². The van der Waals surface area contributed by atoms with E-state index in [0.717, 1.165) is 0 Å². The summed E-state index contributed by atoms with van der Waals surface area (Å²) in [5.74, 6) is -1.47. The Morgan fingerprint density at radius 3 is 2.62 bits per heavy atom. The minimum atomic E-state index is -4.82. The molecule has 0 aliphatic rings. The Balaban J connectivity index is 2.00. The Labute approximate surface area is 126 Å². The Hall–Kier alpha value is -3.45. The number of carbonyl (C=O) groups is 1. The number of nitrogens with zero attached hydrogens (tertiary/aromatic N) is 4. The lowest BCUT2D eigenvalue weighted by atomic mass is 10.5. The van der Waals surface area contributed by atoms with E-state index in [1.54, 1.807) is 4.98 Å². The summed E-state index contributed by atoms with van der Waals surface area (Å²) in [4.78, 5) is 42.3. The topological polar surface area (TPSA) is 128 Å². The first-order chi connectivity index (χ1) is 11.2. The van der Waals surface area contributed by atoms with Crippen LogP contribution in [0.3, 0.4) is 0 Å². The Bertz CT molecular complexity index is 1060. The standard InChI is InChI=1S/C10H4F4N6O4/c11-10(12,13)3-1-15-7(24-3)18-8(22)19-2-16-4-5(21)17-9(23)20(14)6(4)19/h1-2H,(H,15,18,22)(H,17,21,23). The van der Waals surface area contributed by atoms with Crippen LogP contribution >= 0.6 is 0 Å². The second-order valence-electron chi connectivity index (χ2n) is 4.28. The van der Waals surface area contributed by atoms with Crippen molar-refractivity contribution in [3.63, 3.8) is 0 Å². The highest BCUT2D eigenvalue weighted by Crippen LogP contribution is 2.30. The lowest BCUT2D eigenvalue weighted by Gasteiger charge is -2.04. The van der Waals surface area contributed by atoms with Crippen LogP contribution in [0.5, 0.6) is 0 Å². The molecule has 1 amide bonds. The first-order valence-electron chi connectivity index (χ1n) is 5.91. The fourth-order valence-electron chi connectivity index (χ4n) is 1.75. The van der Waals surface area contributed by atoms with Crippen LogP contribution < -0.4 is 16.6 Å². The second kappa shape index (κ2) is 5.04. The van der Waals surface area contributed by atoms with Crippen LogP contribution in [0.25, 0.3) is 11.2 Å². The summed E-state index contributed by atoms with van der Waals surface area (Å²) in [5, 5.41) is 1.81. The van der Waals surface area contributed by atoms with E-state index in [4.69, 9.17) is 0 Å². The molecule has 10 nitrogen and oxygen atoms in total. The molecule has 14 heteroatoms. The summed E-state index contributed by atoms with van der Waals surface area (Å²) >= 11 is 0. The Morgan fingerprint density at radius 1 is 1.29 bits per heavy atom. The highest BCUT2D eigenvalue weighted by molar-refractivity contribution is 5.94. The summed E-state index contributed by atoms with van der Waals surface area (Å²) in [7, 11) is 0. The van der Waals surface area contributed by atoms with Gasteiger partial charge in [0.05, 0.1) is 6.20 Å². The van der Waals surface area contributed by atoms with Gasteiger partial charge in [-0.2, -0.15) is 13.2 Å². The van der Waals surface area contributed by atoms with Crippen molar-refractivity contribution < 1.29 is 26.9 Å². The number of aromatic amines is 1. The number of H-pyrrole nitrogens is 1. The van der Waals surface area contributed by atoms with E-state index in [-0.39, 0.29) is 0 Å². The molecule has 0 aliphatic heterocycles. The van der Waals surface area contributed by atoms with Crippen LogP contribution in [0.2, 0.25) is 0 Å². The predicted octanol–water partition coefficient (Wildman–Crippen LogP) is 0.706. The summed E-state index contributed by atoms with van der Waals surface area (Å²) in [5.41, 5.74) is -3.90. The number of imidazole rings is 1. The number of hydrogen-bond donors (Lipinski definition) is 2. The Kier molecular flexibility index (Phi) is 3.24. The van der Waals surface area contributed by atoms with Crippen molar-refractivity contribution in [3.05, 3.63) is 39.1 Å². The maximum atomic E-state index is 13.7. The van der Waals surface area contributed by atoms with Crippen molar-refractivity contribution >= 4 is 23.2 Å². The van der Waals surface area contributed by atoms with Crippen molar-refractivity contribution in [1.29, 1.82) is 0 Å². The highest BCUT2D eigenvalue weighted by Gasteiger charge is 2.36. The van der Waals surface area contributed by atoms with Crippen LogP contribution in [0, 0.1) is 0 Å². The third-order valence-corrected chi connectivity index (χ3v) is 2.76. The fourth-order valence-corrected chi connectivity index (χ4v) is 1.75. The third kappa shape index (κ3) is 2.42. The molecule has 0 atom stereocenters. The quantitative estimate of drug-likeness (QED) is 0.623. The molecule has 0 radical (unpaired) electrons. The maximum absolute atomic E-state index is 13.7. The van der Waals surface area contributed by atoms with Gasteiger partial charge in [-0.05, 0) is 0 Å². The molecule has 0 saturated carbocycles. The number of rotatable bonds is 1. The molecule has 0 fully saturated rings. The van der Waals surface area contributed by atoms with E-state index in [2.05, 4.69) is 14.4 Å². The zero-order valence-electron chi connectivity index (χ0n) is 11.1. The molecule has 126 valence electrons. The van der Waals surface area contributed by atoms with E-state index in [9.17, 15) is 32.0 Å². The third-order valence-electron chi connectivity index (χ3n) is 2.76. The van der Waals surface area contributed by atoms with E-state index in [1.807, 2.05) is 5.32 Å². The minimum Gasteiger partial charge on any atom is -0.419 e. The lowest BCUT2D eigenvalue weighted by Crippen LogP contribution is -2.29. The largest absolute Gasteiger partial charge is 0.451 e. The zero-order valence-corrected chi connectivity index (χ0v) is 11.1. The van der Waals surface area contributed by atoms with Gasteiger partial charge in [0.1, 0.15) is 6.33 Å². The average Bonchev–Trinajstić information content (AvgIpc) is 3.10. The molecule has 3 rings (SSSR count). The summed E-state index contributed by atoms with van der Waals surface area (Å²) in [6, 6.07) is -2.09. The maximum Gasteiger partial charge on any atom is 0.451 e. The predicted molar refractivity (Wildman–Crippen MR) is 67.0 cm³/mol. The summed E-state index contributed by atoms with van der Waals surface area (Å²) in [6.07, 6.45) is -3.79. The van der Waals surface area contributed by atoms with E-state index in [1.165, 1.54) is 0 Å². The van der Waals surface area contributed by atoms with Gasteiger partial charge in [0.25, 0.3) is 5.56 Å². The molecule has 0 bridgehead atoms. The van der Waals surface area contributed by atoms with E-state index in [0.29, 0.717) is 17.1 Å². The van der Waals surface area contributed by atoms with Gasteiger partial charge < -0.3 is 4.42 Å². The molecule has 24 heavy (non-hydrogen) atoms. The molecular weight excluding hydrogens is 344 g/mol. The first kappa shape index (κ1) is 15.4. The number of carbonyl (C=O) groups excluding carboxylic acids is 1. The smallest absolute Gasteiger partial charge is 0.419 e. The summed E-state index contributed by atoms with van der Waals surface area (Å²) < 4.78 is 55.5. The van der Waals surface area contributed by atoms with Crippen molar-refractivity contribution in [2.24, 2.45) is 0 Å². The average molecular weight is 348 g/mol. The number of aromatic nitrogens is 5. The number of hydrogen-bond acceptors (Lipinski definition) is 6. The van der Waals surface area contributed by atoms with Crippen LogP contribution in [0.15, 0.2) is 26.5 Å². The van der Waals surface area contributed by atoms with Crippen molar-refractivity contribution in [1.82, 2.24) is 24.3 Å². The van der Waals surface area contributed by atoms with Crippen molar-refractivity contribution in [3.8, 4) is 0 Å². The molecule has 0 saturated heterocycles. The fraction of sp³-hybridized carbons (Fsp3) is 0.100. The monoisotopic (exact) mass is 348 g/mol. The van der Waals surface area contributed by atoms with Crippen LogP contribution in [-0.2, 0) is 6.18 Å². The van der Waals surface area contributed by atoms with Gasteiger partial charge in [0, 0.05) is 0 Å². The number of halogens is 4. The molecule has 0 unspecified atom stereocenters. The molecule has 3 heterocycles. The lowest BCUT2D eigenvalue weighted by molar-refractivity contribution is -0.152. The van der Waals surface area contributed by atoms with Gasteiger partial charge in [0.15, 0.2) is 11.2 Å². The first-order valence-corrected chi connectivity index (χ1v) is 5.91. The Morgan fingerprint density at radius 2 is 2.00 bits per heavy atom. The molecule has 0 aliphatic carbocycles. The highest BCUT2D eigenvalue weighted by atomic mass is 19.4. The molecule has 2 N–H and O–H groups in total. The van der Waals surface area contributed by atoms with Gasteiger partial charge in [-0.1, -0.05) is 4.48 Å². The van der Waals surface area contributed by atoms with Gasteiger partial charge in [-0.3, -0.25) is 15.1 Å². The second-order valence-corrected chi connectivity index (χ2v) is 4.28. The molecule has 0 aromatic carbocycles. The van der Waals surface area contributed by atoms with Crippen molar-refractivity contribution in [2.75, 3.05) is 5.32 Å². The van der Waals surface area contributed by atoms with Crippen LogP contribution in [-0.4, -0.2) is 30.3 Å². The molecule has 0 spiro atoms. The molecule has 3 aromatic heterocycles. The SMILES string of the molecule is O=C(Nc1ncc(C(F)(F)F)o1)n1cnc2c(=O)[nH]c(=O)n(F)c21. The normalized spacial score (nSPS) is 11.8. The number of amides is 1. The molecule has 3 aromatic rings. The van der Waals surface area contributed by atoms with Crippen LogP contribution in [0.4, 0.5) is 28.5 Å². The zero-order chi connectivity index (χ0) is 17.6. The number of oxazole rings is 1. The summed E-state index contributed by atoms with van der Waals surface area (Å²) in [6.45, 7) is 0. The van der Waals surface area contributed by atoms with Crippen molar-refractivity contribution in [2.45, 2.75) is 6.18 Å². The number of anilines is 1. The van der Waals surface area contributed by atoms with Gasteiger partial charge in [-0.25, -0.2) is 24.1 Å². The number of nitrogens with one attached hydrogen (secondary N) is 2. The minimum absolute atomic E-state index is 0.331. The van der Waals surface area contributed by atoms with Crippen LogP contribution in [0.1, 0.15) is 5.76 Å².